The fourth-order valence-corrected chi connectivity index (χ4v) is 3.95. The standard InChI is InChI=1S/C17H19N3OS/c1-12-6-7-15(22-12)17-19-14-5-2-8-18-16(14)20(17)10-13-4-3-9-21-11-13/h2,5-8,13H,3-4,9-11H2,1H3. The molecule has 0 spiro atoms. The second-order valence-corrected chi connectivity index (χ2v) is 7.17. The van der Waals surface area contributed by atoms with Crippen LogP contribution < -0.4 is 0 Å². The van der Waals surface area contributed by atoms with Crippen molar-refractivity contribution in [3.63, 3.8) is 0 Å². The topological polar surface area (TPSA) is 39.9 Å². The lowest BCUT2D eigenvalue weighted by atomic mass is 10.0. The normalized spacial score (nSPS) is 18.9. The van der Waals surface area contributed by atoms with Crippen molar-refractivity contribution in [2.24, 2.45) is 5.92 Å². The maximum absolute atomic E-state index is 5.64. The van der Waals surface area contributed by atoms with Gasteiger partial charge in [-0.3, -0.25) is 0 Å². The lowest BCUT2D eigenvalue weighted by Gasteiger charge is -2.23. The van der Waals surface area contributed by atoms with Crippen molar-refractivity contribution in [1.29, 1.82) is 0 Å². The molecule has 4 heterocycles. The van der Waals surface area contributed by atoms with Gasteiger partial charge in [-0.2, -0.15) is 0 Å². The van der Waals surface area contributed by atoms with Crippen LogP contribution in [0.25, 0.3) is 21.9 Å². The summed E-state index contributed by atoms with van der Waals surface area (Å²) < 4.78 is 7.92. The van der Waals surface area contributed by atoms with Crippen LogP contribution in [0.5, 0.6) is 0 Å². The van der Waals surface area contributed by atoms with Crippen LogP contribution in [0.3, 0.4) is 0 Å². The van der Waals surface area contributed by atoms with E-state index in [4.69, 9.17) is 9.72 Å². The number of ether oxygens (including phenoxy) is 1. The largest absolute Gasteiger partial charge is 0.381 e. The van der Waals surface area contributed by atoms with E-state index in [1.54, 1.807) is 11.3 Å². The first kappa shape index (κ1) is 13.9. The van der Waals surface area contributed by atoms with Gasteiger partial charge in [-0.15, -0.1) is 11.3 Å². The Morgan fingerprint density at radius 2 is 2.32 bits per heavy atom. The number of nitrogens with zero attached hydrogens (tertiary/aromatic N) is 3. The number of pyridine rings is 1. The lowest BCUT2D eigenvalue weighted by Crippen LogP contribution is -2.22. The molecule has 0 bridgehead atoms. The average Bonchev–Trinajstić information content (AvgIpc) is 3.13. The summed E-state index contributed by atoms with van der Waals surface area (Å²) in [6.45, 7) is 4.81. The molecule has 4 rings (SSSR count). The van der Waals surface area contributed by atoms with Gasteiger partial charge in [-0.05, 0) is 44.0 Å². The number of thiophene rings is 1. The summed E-state index contributed by atoms with van der Waals surface area (Å²) in [5, 5.41) is 0. The van der Waals surface area contributed by atoms with Crippen LogP contribution in [0.1, 0.15) is 17.7 Å². The maximum atomic E-state index is 5.64. The highest BCUT2D eigenvalue weighted by molar-refractivity contribution is 7.15. The number of fused-ring (bicyclic) bond motifs is 1. The molecule has 1 aliphatic rings. The zero-order valence-electron chi connectivity index (χ0n) is 12.7. The first-order valence-corrected chi connectivity index (χ1v) is 8.59. The number of hydrogen-bond donors (Lipinski definition) is 0. The molecule has 1 fully saturated rings. The molecule has 0 aromatic carbocycles. The van der Waals surface area contributed by atoms with Crippen molar-refractivity contribution < 1.29 is 4.74 Å². The Bertz CT molecular complexity index is 786. The van der Waals surface area contributed by atoms with E-state index in [0.29, 0.717) is 5.92 Å². The van der Waals surface area contributed by atoms with Crippen LogP contribution in [0.15, 0.2) is 30.5 Å². The third-order valence-electron chi connectivity index (χ3n) is 4.16. The predicted molar refractivity (Wildman–Crippen MR) is 89.1 cm³/mol. The van der Waals surface area contributed by atoms with Gasteiger partial charge in [0.1, 0.15) is 5.52 Å². The molecule has 1 saturated heterocycles. The molecule has 1 unspecified atom stereocenters. The molecule has 22 heavy (non-hydrogen) atoms. The van der Waals surface area contributed by atoms with E-state index in [-0.39, 0.29) is 0 Å². The van der Waals surface area contributed by atoms with E-state index in [9.17, 15) is 0 Å². The van der Waals surface area contributed by atoms with E-state index >= 15 is 0 Å². The van der Waals surface area contributed by atoms with Crippen LogP contribution in [-0.4, -0.2) is 27.7 Å². The van der Waals surface area contributed by atoms with E-state index in [1.165, 1.54) is 16.2 Å². The Labute approximate surface area is 133 Å². The van der Waals surface area contributed by atoms with Gasteiger partial charge in [-0.25, -0.2) is 9.97 Å². The summed E-state index contributed by atoms with van der Waals surface area (Å²) in [4.78, 5) is 11.9. The summed E-state index contributed by atoms with van der Waals surface area (Å²) in [5.74, 6) is 1.59. The predicted octanol–water partition coefficient (Wildman–Crippen LogP) is 3.89. The first-order valence-electron chi connectivity index (χ1n) is 7.77. The quantitative estimate of drug-likeness (QED) is 0.736. The Morgan fingerprint density at radius 1 is 1.36 bits per heavy atom. The molecule has 0 aliphatic carbocycles. The maximum Gasteiger partial charge on any atom is 0.160 e. The van der Waals surface area contributed by atoms with Crippen molar-refractivity contribution in [3.8, 4) is 10.7 Å². The van der Waals surface area contributed by atoms with E-state index in [2.05, 4.69) is 28.6 Å². The fraction of sp³-hybridized carbons (Fsp3) is 0.412. The smallest absolute Gasteiger partial charge is 0.160 e. The van der Waals surface area contributed by atoms with Crippen LogP contribution in [-0.2, 0) is 11.3 Å². The van der Waals surface area contributed by atoms with Crippen LogP contribution >= 0.6 is 11.3 Å². The lowest BCUT2D eigenvalue weighted by molar-refractivity contribution is 0.0489. The molecule has 1 atom stereocenters. The second-order valence-electron chi connectivity index (χ2n) is 5.89. The fourth-order valence-electron chi connectivity index (χ4n) is 3.08. The summed E-state index contributed by atoms with van der Waals surface area (Å²) in [7, 11) is 0. The Kier molecular flexibility index (Phi) is 3.68. The van der Waals surface area contributed by atoms with Gasteiger partial charge in [0.25, 0.3) is 0 Å². The third kappa shape index (κ3) is 2.55. The number of rotatable bonds is 3. The Hall–Kier alpha value is -1.72. The molecule has 0 radical (unpaired) electrons. The van der Waals surface area contributed by atoms with Crippen LogP contribution in [0.2, 0.25) is 0 Å². The minimum Gasteiger partial charge on any atom is -0.381 e. The number of imidazole rings is 1. The molecular formula is C17H19N3OS. The van der Waals surface area contributed by atoms with Crippen LogP contribution in [0.4, 0.5) is 0 Å². The minimum atomic E-state index is 0.549. The van der Waals surface area contributed by atoms with Gasteiger partial charge in [0.2, 0.25) is 0 Å². The van der Waals surface area contributed by atoms with E-state index in [1.807, 2.05) is 18.3 Å². The number of aryl methyl sites for hydroxylation is 1. The summed E-state index contributed by atoms with van der Waals surface area (Å²) in [6, 6.07) is 8.31. The molecule has 0 amide bonds. The molecule has 0 saturated carbocycles. The second kappa shape index (κ2) is 5.82. The van der Waals surface area contributed by atoms with Gasteiger partial charge in [0.15, 0.2) is 11.5 Å². The first-order chi connectivity index (χ1) is 10.8. The van der Waals surface area contributed by atoms with E-state index in [0.717, 1.165) is 43.2 Å². The minimum absolute atomic E-state index is 0.549. The van der Waals surface area contributed by atoms with Gasteiger partial charge in [0.05, 0.1) is 11.5 Å². The molecule has 3 aromatic rings. The highest BCUT2D eigenvalue weighted by Gasteiger charge is 2.20. The third-order valence-corrected chi connectivity index (χ3v) is 5.16. The van der Waals surface area contributed by atoms with Gasteiger partial charge >= 0.3 is 0 Å². The highest BCUT2D eigenvalue weighted by Crippen LogP contribution is 2.31. The van der Waals surface area contributed by atoms with Crippen molar-refractivity contribution in [1.82, 2.24) is 14.5 Å². The SMILES string of the molecule is Cc1ccc(-c2nc3cccnc3n2CC2CCCOC2)s1. The van der Waals surface area contributed by atoms with Gasteiger partial charge in [-0.1, -0.05) is 0 Å². The number of aromatic nitrogens is 3. The van der Waals surface area contributed by atoms with Crippen molar-refractivity contribution in [2.45, 2.75) is 26.3 Å². The molecule has 4 nitrogen and oxygen atoms in total. The van der Waals surface area contributed by atoms with Crippen molar-refractivity contribution >= 4 is 22.5 Å². The van der Waals surface area contributed by atoms with Gasteiger partial charge < -0.3 is 9.30 Å². The molecule has 5 heteroatoms. The van der Waals surface area contributed by atoms with Crippen molar-refractivity contribution in [2.75, 3.05) is 13.2 Å². The molecule has 1 aliphatic heterocycles. The summed E-state index contributed by atoms with van der Waals surface area (Å²) in [5.41, 5.74) is 1.95. The average molecular weight is 313 g/mol. The molecule has 3 aromatic heterocycles. The molecule has 114 valence electrons. The Balaban J connectivity index is 1.79. The number of hydrogen-bond acceptors (Lipinski definition) is 4. The summed E-state index contributed by atoms with van der Waals surface area (Å²) in [6.07, 6.45) is 4.22. The Morgan fingerprint density at radius 3 is 3.09 bits per heavy atom. The van der Waals surface area contributed by atoms with Gasteiger partial charge in [0, 0.05) is 30.1 Å². The van der Waals surface area contributed by atoms with Crippen molar-refractivity contribution in [3.05, 3.63) is 35.3 Å². The monoisotopic (exact) mass is 313 g/mol. The highest BCUT2D eigenvalue weighted by atomic mass is 32.1. The van der Waals surface area contributed by atoms with E-state index < -0.39 is 0 Å². The molecule has 0 N–H and O–H groups in total. The molecular weight excluding hydrogens is 294 g/mol. The van der Waals surface area contributed by atoms with Crippen LogP contribution in [0, 0.1) is 12.8 Å². The zero-order chi connectivity index (χ0) is 14.9. The summed E-state index contributed by atoms with van der Waals surface area (Å²) >= 11 is 1.79. The zero-order valence-corrected chi connectivity index (χ0v) is 13.5.